The molecule has 0 radical (unpaired) electrons. The largest absolute Gasteiger partial charge is 0.504 e. The number of carbonyl (C=O) groups is 1. The van der Waals surface area contributed by atoms with Gasteiger partial charge in [-0.1, -0.05) is 12.1 Å². The van der Waals surface area contributed by atoms with Crippen molar-refractivity contribution in [3.8, 4) is 17.0 Å². The van der Waals surface area contributed by atoms with Crippen LogP contribution in [0.3, 0.4) is 0 Å². The van der Waals surface area contributed by atoms with E-state index in [0.29, 0.717) is 27.7 Å². The third-order valence-corrected chi connectivity index (χ3v) is 5.80. The number of carbonyl (C=O) groups excluding carboxylic acids is 1. The summed E-state index contributed by atoms with van der Waals surface area (Å²) in [6.07, 6.45) is 6.47. The molecule has 5 rings (SSSR count). The summed E-state index contributed by atoms with van der Waals surface area (Å²) in [5.41, 5.74) is 3.38. The van der Waals surface area contributed by atoms with E-state index in [1.54, 1.807) is 53.5 Å². The van der Waals surface area contributed by atoms with Crippen LogP contribution in [-0.4, -0.2) is 30.4 Å². The van der Waals surface area contributed by atoms with Crippen molar-refractivity contribution in [2.24, 2.45) is 0 Å². The Morgan fingerprint density at radius 3 is 2.59 bits per heavy atom. The Morgan fingerprint density at radius 1 is 0.971 bits per heavy atom. The van der Waals surface area contributed by atoms with Gasteiger partial charge in [0.2, 0.25) is 5.78 Å². The summed E-state index contributed by atoms with van der Waals surface area (Å²) in [5.74, 6) is -0.687. The van der Waals surface area contributed by atoms with Crippen molar-refractivity contribution < 1.29 is 9.90 Å². The van der Waals surface area contributed by atoms with E-state index in [2.05, 4.69) is 15.0 Å². The van der Waals surface area contributed by atoms with Crippen molar-refractivity contribution in [1.29, 1.82) is 0 Å². The van der Waals surface area contributed by atoms with E-state index < -0.39 is 5.78 Å². The van der Waals surface area contributed by atoms with E-state index in [-0.39, 0.29) is 23.5 Å². The molecule has 0 unspecified atom stereocenters. The smallest absolute Gasteiger partial charge is 0.250 e. The van der Waals surface area contributed by atoms with Gasteiger partial charge < -0.3 is 9.67 Å². The number of hydrogen-bond acceptors (Lipinski definition) is 6. The van der Waals surface area contributed by atoms with E-state index in [1.165, 1.54) is 12.3 Å². The SMILES string of the molecule is Cc1c(Cn2ccccc2=O)cc(-c2ccccn2)cc1C(=O)c1ncc2cccnc2c1O. The monoisotopic (exact) mass is 448 g/mol. The molecule has 0 bridgehead atoms. The zero-order valence-electron chi connectivity index (χ0n) is 18.3. The third-order valence-electron chi connectivity index (χ3n) is 5.80. The molecule has 0 fully saturated rings. The van der Waals surface area contributed by atoms with Crippen LogP contribution in [0.1, 0.15) is 27.2 Å². The first-order valence-electron chi connectivity index (χ1n) is 10.7. The number of rotatable bonds is 5. The molecule has 1 N–H and O–H groups in total. The maximum atomic E-state index is 13.6. The van der Waals surface area contributed by atoms with Crippen LogP contribution in [0.25, 0.3) is 22.2 Å². The van der Waals surface area contributed by atoms with Crippen LogP contribution >= 0.6 is 0 Å². The number of pyridine rings is 4. The van der Waals surface area contributed by atoms with Gasteiger partial charge in [-0.25, -0.2) is 4.98 Å². The fourth-order valence-electron chi connectivity index (χ4n) is 3.95. The average Bonchev–Trinajstić information content (AvgIpc) is 2.87. The Labute approximate surface area is 195 Å². The van der Waals surface area contributed by atoms with Crippen molar-refractivity contribution in [2.75, 3.05) is 0 Å². The molecule has 5 aromatic rings. The first-order valence-corrected chi connectivity index (χ1v) is 10.7. The summed E-state index contributed by atoms with van der Waals surface area (Å²) in [5, 5.41) is 11.4. The van der Waals surface area contributed by atoms with Crippen LogP contribution in [0.15, 0.2) is 90.2 Å². The van der Waals surface area contributed by atoms with Crippen molar-refractivity contribution in [1.82, 2.24) is 19.5 Å². The van der Waals surface area contributed by atoms with Gasteiger partial charge in [-0.15, -0.1) is 0 Å². The van der Waals surface area contributed by atoms with E-state index >= 15 is 0 Å². The summed E-state index contributed by atoms with van der Waals surface area (Å²) in [4.78, 5) is 38.8. The van der Waals surface area contributed by atoms with Gasteiger partial charge in [0.05, 0.1) is 12.2 Å². The molecule has 0 saturated carbocycles. The minimum Gasteiger partial charge on any atom is -0.504 e. The van der Waals surface area contributed by atoms with Crippen molar-refractivity contribution in [2.45, 2.75) is 13.5 Å². The highest BCUT2D eigenvalue weighted by atomic mass is 16.3. The van der Waals surface area contributed by atoms with Crippen LogP contribution < -0.4 is 5.56 Å². The second kappa shape index (κ2) is 8.71. The van der Waals surface area contributed by atoms with Gasteiger partial charge in [0.1, 0.15) is 5.52 Å². The highest BCUT2D eigenvalue weighted by molar-refractivity contribution is 6.13. The number of hydrogen-bond donors (Lipinski definition) is 1. The molecule has 0 spiro atoms. The van der Waals surface area contributed by atoms with E-state index in [4.69, 9.17) is 0 Å². The van der Waals surface area contributed by atoms with Gasteiger partial charge in [-0.2, -0.15) is 0 Å². The van der Waals surface area contributed by atoms with E-state index in [9.17, 15) is 14.7 Å². The summed E-state index contributed by atoms with van der Waals surface area (Å²) in [6, 6.07) is 17.7. The normalized spacial score (nSPS) is 11.0. The first kappa shape index (κ1) is 21.2. The molecule has 0 aliphatic rings. The molecule has 34 heavy (non-hydrogen) atoms. The summed E-state index contributed by atoms with van der Waals surface area (Å²) < 4.78 is 1.58. The summed E-state index contributed by atoms with van der Waals surface area (Å²) >= 11 is 0. The molecule has 166 valence electrons. The lowest BCUT2D eigenvalue weighted by molar-refractivity contribution is 0.103. The van der Waals surface area contributed by atoms with Crippen LogP contribution in [0, 0.1) is 6.92 Å². The molecule has 4 heterocycles. The number of benzene rings is 1. The number of nitrogens with zero attached hydrogens (tertiary/aromatic N) is 4. The topological polar surface area (TPSA) is 98.0 Å². The second-order valence-corrected chi connectivity index (χ2v) is 7.92. The quantitative estimate of drug-likeness (QED) is 0.406. The molecular weight excluding hydrogens is 428 g/mol. The Morgan fingerprint density at radius 2 is 1.79 bits per heavy atom. The summed E-state index contributed by atoms with van der Waals surface area (Å²) in [6.45, 7) is 2.11. The molecule has 0 saturated heterocycles. The molecular formula is C27H20N4O3. The molecule has 1 aromatic carbocycles. The van der Waals surface area contributed by atoms with Crippen molar-refractivity contribution >= 4 is 16.7 Å². The number of aromatic nitrogens is 4. The lowest BCUT2D eigenvalue weighted by Gasteiger charge is -2.15. The molecule has 0 aliphatic carbocycles. The number of fused-ring (bicyclic) bond motifs is 1. The van der Waals surface area contributed by atoms with E-state index in [0.717, 1.165) is 11.1 Å². The molecule has 0 aliphatic heterocycles. The Hall–Kier alpha value is -4.65. The lowest BCUT2D eigenvalue weighted by atomic mass is 9.93. The number of aromatic hydroxyl groups is 1. The first-order chi connectivity index (χ1) is 16.5. The number of ketones is 1. The fraction of sp³-hybridized carbons (Fsp3) is 0.0741. The Bertz CT molecular complexity index is 1590. The minimum atomic E-state index is -0.429. The highest BCUT2D eigenvalue weighted by Gasteiger charge is 2.22. The molecule has 7 heteroatoms. The van der Waals surface area contributed by atoms with Crippen LogP contribution in [0.5, 0.6) is 5.75 Å². The van der Waals surface area contributed by atoms with Crippen molar-refractivity contribution in [3.05, 3.63) is 118 Å². The highest BCUT2D eigenvalue weighted by Crippen LogP contribution is 2.30. The standard InChI is InChI=1S/C27H20N4O3/c1-17-20(16-31-12-5-3-9-23(31)32)13-19(22-8-2-4-10-28-22)14-21(17)26(33)25-27(34)24-18(15-30-25)7-6-11-29-24/h2-15,34H,16H2,1H3. The van der Waals surface area contributed by atoms with Gasteiger partial charge in [0.15, 0.2) is 11.4 Å². The van der Waals surface area contributed by atoms with Gasteiger partial charge in [-0.05, 0) is 60.5 Å². The molecule has 0 amide bonds. The zero-order valence-corrected chi connectivity index (χ0v) is 18.3. The predicted octanol–water partition coefficient (Wildman–Crippen LogP) is 4.15. The van der Waals surface area contributed by atoms with Crippen LogP contribution in [-0.2, 0) is 6.54 Å². The average molecular weight is 448 g/mol. The lowest BCUT2D eigenvalue weighted by Crippen LogP contribution is -2.19. The Balaban J connectivity index is 1.68. The van der Waals surface area contributed by atoms with E-state index in [1.807, 2.05) is 31.2 Å². The van der Waals surface area contributed by atoms with Gasteiger partial charge in [-0.3, -0.25) is 19.6 Å². The molecule has 7 nitrogen and oxygen atoms in total. The summed E-state index contributed by atoms with van der Waals surface area (Å²) in [7, 11) is 0. The third kappa shape index (κ3) is 3.84. The maximum absolute atomic E-state index is 13.6. The van der Waals surface area contributed by atoms with Gasteiger partial charge in [0, 0.05) is 47.4 Å². The minimum absolute atomic E-state index is 0.0738. The van der Waals surface area contributed by atoms with Gasteiger partial charge in [0.25, 0.3) is 5.56 Å². The van der Waals surface area contributed by atoms with Crippen LogP contribution in [0.4, 0.5) is 0 Å². The predicted molar refractivity (Wildman–Crippen MR) is 129 cm³/mol. The maximum Gasteiger partial charge on any atom is 0.250 e. The van der Waals surface area contributed by atoms with Gasteiger partial charge >= 0.3 is 0 Å². The molecule has 0 atom stereocenters. The van der Waals surface area contributed by atoms with Crippen LogP contribution in [0.2, 0.25) is 0 Å². The molecule has 4 aromatic heterocycles. The fourth-order valence-corrected chi connectivity index (χ4v) is 3.95. The zero-order chi connectivity index (χ0) is 23.7. The second-order valence-electron chi connectivity index (χ2n) is 7.92. The Kier molecular flexibility index (Phi) is 5.43. The van der Waals surface area contributed by atoms with Crippen molar-refractivity contribution in [3.63, 3.8) is 0 Å².